The lowest BCUT2D eigenvalue weighted by molar-refractivity contribution is -0.143. The normalized spacial score (nSPS) is 11.1. The first-order valence-electron chi connectivity index (χ1n) is 14.9. The van der Waals surface area contributed by atoms with Crippen molar-refractivity contribution in [3.63, 3.8) is 0 Å². The summed E-state index contributed by atoms with van der Waals surface area (Å²) in [6, 6.07) is 6.60. The predicted molar refractivity (Wildman–Crippen MR) is 153 cm³/mol. The van der Waals surface area contributed by atoms with Crippen LogP contribution in [0.5, 0.6) is 5.75 Å². The molecule has 0 unspecified atom stereocenters. The molecule has 0 bridgehead atoms. The predicted octanol–water partition coefficient (Wildman–Crippen LogP) is 8.54. The van der Waals surface area contributed by atoms with Crippen molar-refractivity contribution in [1.82, 2.24) is 9.55 Å². The first-order valence-corrected chi connectivity index (χ1v) is 14.9. The molecule has 5 heteroatoms. The van der Waals surface area contributed by atoms with Crippen LogP contribution in [-0.2, 0) is 22.5 Å². The van der Waals surface area contributed by atoms with E-state index in [-0.39, 0.29) is 5.97 Å². The SMILES string of the molecule is CCCCCCCCCC(=O)OCCCCCCCCOc1cc(C)cc(CCCn2ccnc2C)c1. The third-order valence-corrected chi connectivity index (χ3v) is 6.95. The summed E-state index contributed by atoms with van der Waals surface area (Å²) in [5.41, 5.74) is 2.60. The highest BCUT2D eigenvalue weighted by atomic mass is 16.5. The molecule has 0 fully saturated rings. The van der Waals surface area contributed by atoms with E-state index in [1.807, 2.05) is 12.4 Å². The zero-order valence-electron chi connectivity index (χ0n) is 23.9. The zero-order chi connectivity index (χ0) is 26.6. The van der Waals surface area contributed by atoms with Crippen molar-refractivity contribution in [2.75, 3.05) is 13.2 Å². The molecule has 208 valence electrons. The van der Waals surface area contributed by atoms with Crippen molar-refractivity contribution in [3.8, 4) is 5.75 Å². The molecule has 0 aliphatic rings. The number of nitrogens with zero attached hydrogens (tertiary/aromatic N) is 2. The minimum absolute atomic E-state index is 0.0155. The molecule has 0 N–H and O–H groups in total. The van der Waals surface area contributed by atoms with Crippen LogP contribution in [0.1, 0.15) is 120 Å². The maximum atomic E-state index is 11.8. The van der Waals surface area contributed by atoms with Crippen LogP contribution >= 0.6 is 0 Å². The second kappa shape index (κ2) is 19.8. The van der Waals surface area contributed by atoms with E-state index >= 15 is 0 Å². The molecular weight excluding hydrogens is 460 g/mol. The van der Waals surface area contributed by atoms with Gasteiger partial charge in [0.2, 0.25) is 0 Å². The average molecular weight is 513 g/mol. The topological polar surface area (TPSA) is 53.4 Å². The highest BCUT2D eigenvalue weighted by molar-refractivity contribution is 5.69. The Balaban J connectivity index is 1.43. The van der Waals surface area contributed by atoms with Crippen LogP contribution < -0.4 is 4.74 Å². The standard InChI is InChI=1S/C32H52N2O3/c1-4-5-6-7-8-11-14-19-32(35)37-24-16-13-10-9-12-15-23-36-31-26-28(2)25-30(27-31)18-17-21-34-22-20-33-29(34)3/h20,22,25-27H,4-19,21,23-24H2,1-3H3. The van der Waals surface area contributed by atoms with Gasteiger partial charge in [0.15, 0.2) is 0 Å². The number of aromatic nitrogens is 2. The minimum atomic E-state index is -0.0155. The number of rotatable bonds is 22. The summed E-state index contributed by atoms with van der Waals surface area (Å²) in [6.07, 6.45) is 22.0. The lowest BCUT2D eigenvalue weighted by Crippen LogP contribution is -2.05. The maximum Gasteiger partial charge on any atom is 0.305 e. The second-order valence-corrected chi connectivity index (χ2v) is 10.5. The molecule has 0 amide bonds. The van der Waals surface area contributed by atoms with E-state index in [2.05, 4.69) is 48.5 Å². The van der Waals surface area contributed by atoms with E-state index in [1.165, 1.54) is 62.5 Å². The number of carbonyl (C=O) groups excluding carboxylic acids is 1. The number of aryl methyl sites for hydroxylation is 4. The third kappa shape index (κ3) is 14.9. The minimum Gasteiger partial charge on any atom is -0.494 e. The van der Waals surface area contributed by atoms with E-state index in [9.17, 15) is 4.79 Å². The average Bonchev–Trinajstić information content (AvgIpc) is 3.28. The third-order valence-electron chi connectivity index (χ3n) is 6.95. The summed E-state index contributed by atoms with van der Waals surface area (Å²) >= 11 is 0. The fourth-order valence-corrected chi connectivity index (χ4v) is 4.73. The Morgan fingerprint density at radius 3 is 2.19 bits per heavy atom. The number of unbranched alkanes of at least 4 members (excludes halogenated alkanes) is 11. The molecule has 1 aromatic carbocycles. The van der Waals surface area contributed by atoms with Crippen LogP contribution in [-0.4, -0.2) is 28.7 Å². The second-order valence-electron chi connectivity index (χ2n) is 10.5. The number of ether oxygens (including phenoxy) is 2. The highest BCUT2D eigenvalue weighted by Gasteiger charge is 2.04. The Morgan fingerprint density at radius 1 is 0.811 bits per heavy atom. The number of esters is 1. The van der Waals surface area contributed by atoms with E-state index in [0.717, 1.165) is 69.7 Å². The van der Waals surface area contributed by atoms with Gasteiger partial charge in [0.25, 0.3) is 0 Å². The van der Waals surface area contributed by atoms with E-state index in [1.54, 1.807) is 0 Å². The first-order chi connectivity index (χ1) is 18.1. The number of benzene rings is 1. The van der Waals surface area contributed by atoms with Gasteiger partial charge >= 0.3 is 5.97 Å². The molecule has 1 aromatic heterocycles. The lowest BCUT2D eigenvalue weighted by atomic mass is 10.1. The van der Waals surface area contributed by atoms with Crippen LogP contribution in [0.3, 0.4) is 0 Å². The molecule has 0 spiro atoms. The molecule has 0 saturated heterocycles. The number of hydrogen-bond acceptors (Lipinski definition) is 4. The van der Waals surface area contributed by atoms with Gasteiger partial charge in [-0.1, -0.05) is 77.2 Å². The maximum absolute atomic E-state index is 11.8. The highest BCUT2D eigenvalue weighted by Crippen LogP contribution is 2.19. The monoisotopic (exact) mass is 512 g/mol. The molecule has 1 heterocycles. The number of imidazole rings is 1. The molecule has 2 rings (SSSR count). The Kier molecular flexibility index (Phi) is 16.5. The zero-order valence-corrected chi connectivity index (χ0v) is 23.9. The fraction of sp³-hybridized carbons (Fsp3) is 0.688. The Morgan fingerprint density at radius 2 is 1.49 bits per heavy atom. The molecular formula is C32H52N2O3. The van der Waals surface area contributed by atoms with Crippen LogP contribution in [0.25, 0.3) is 0 Å². The van der Waals surface area contributed by atoms with Crippen LogP contribution in [0.2, 0.25) is 0 Å². The molecule has 0 radical (unpaired) electrons. The summed E-state index contributed by atoms with van der Waals surface area (Å²) in [5.74, 6) is 2.05. The van der Waals surface area contributed by atoms with Crippen molar-refractivity contribution in [3.05, 3.63) is 47.5 Å². The smallest absolute Gasteiger partial charge is 0.305 e. The van der Waals surface area contributed by atoms with Gasteiger partial charge in [-0.2, -0.15) is 0 Å². The van der Waals surface area contributed by atoms with Gasteiger partial charge in [0, 0.05) is 25.4 Å². The van der Waals surface area contributed by atoms with Crippen molar-refractivity contribution in [2.45, 2.75) is 130 Å². The molecule has 0 aliphatic carbocycles. The lowest BCUT2D eigenvalue weighted by Gasteiger charge is -2.11. The summed E-state index contributed by atoms with van der Waals surface area (Å²) in [5, 5.41) is 0. The quantitative estimate of drug-likeness (QED) is 0.117. The van der Waals surface area contributed by atoms with Crippen LogP contribution in [0, 0.1) is 13.8 Å². The van der Waals surface area contributed by atoms with Gasteiger partial charge in [-0.05, 0) is 69.2 Å². The first kappa shape index (κ1) is 30.9. The molecule has 5 nitrogen and oxygen atoms in total. The molecule has 37 heavy (non-hydrogen) atoms. The van der Waals surface area contributed by atoms with Crippen molar-refractivity contribution in [2.24, 2.45) is 0 Å². The summed E-state index contributed by atoms with van der Waals surface area (Å²) in [6.45, 7) is 8.78. The van der Waals surface area contributed by atoms with E-state index < -0.39 is 0 Å². The summed E-state index contributed by atoms with van der Waals surface area (Å²) in [7, 11) is 0. The number of carbonyl (C=O) groups is 1. The summed E-state index contributed by atoms with van der Waals surface area (Å²) in [4.78, 5) is 16.1. The number of hydrogen-bond donors (Lipinski definition) is 0. The van der Waals surface area contributed by atoms with Crippen molar-refractivity contribution in [1.29, 1.82) is 0 Å². The molecule has 0 aliphatic heterocycles. The Hall–Kier alpha value is -2.30. The Bertz CT molecular complexity index is 861. The van der Waals surface area contributed by atoms with Crippen LogP contribution in [0.15, 0.2) is 30.6 Å². The van der Waals surface area contributed by atoms with Gasteiger partial charge in [-0.15, -0.1) is 0 Å². The van der Waals surface area contributed by atoms with Gasteiger partial charge in [-0.25, -0.2) is 4.98 Å². The Labute approximate surface area is 226 Å². The molecule has 0 saturated carbocycles. The van der Waals surface area contributed by atoms with Crippen molar-refractivity contribution >= 4 is 5.97 Å². The molecule has 2 aromatic rings. The molecule has 0 atom stereocenters. The van der Waals surface area contributed by atoms with Crippen LogP contribution in [0.4, 0.5) is 0 Å². The van der Waals surface area contributed by atoms with Crippen molar-refractivity contribution < 1.29 is 14.3 Å². The van der Waals surface area contributed by atoms with Gasteiger partial charge in [0.1, 0.15) is 11.6 Å². The van der Waals surface area contributed by atoms with E-state index in [4.69, 9.17) is 9.47 Å². The van der Waals surface area contributed by atoms with Gasteiger partial charge in [0.05, 0.1) is 13.2 Å². The van der Waals surface area contributed by atoms with E-state index in [0.29, 0.717) is 13.0 Å². The van der Waals surface area contributed by atoms with Gasteiger partial charge < -0.3 is 14.0 Å². The van der Waals surface area contributed by atoms with Gasteiger partial charge in [-0.3, -0.25) is 4.79 Å². The largest absolute Gasteiger partial charge is 0.494 e. The summed E-state index contributed by atoms with van der Waals surface area (Å²) < 4.78 is 13.7. The fourth-order valence-electron chi connectivity index (χ4n) is 4.73.